The van der Waals surface area contributed by atoms with Crippen LogP contribution in [0.5, 0.6) is 11.8 Å². The van der Waals surface area contributed by atoms with Crippen molar-refractivity contribution in [3.05, 3.63) is 88.7 Å². The summed E-state index contributed by atoms with van der Waals surface area (Å²) in [5.41, 5.74) is 1.38. The van der Waals surface area contributed by atoms with Gasteiger partial charge < -0.3 is 55.4 Å². The number of nitrogens with one attached hydrogen (secondary N) is 3. The molecule has 8 heterocycles. The van der Waals surface area contributed by atoms with Crippen molar-refractivity contribution in [3.63, 3.8) is 0 Å². The Morgan fingerprint density at radius 3 is 2.15 bits per heavy atom. The second-order valence-corrected chi connectivity index (χ2v) is 29.4. The molecule has 3 unspecified atom stereocenters. The van der Waals surface area contributed by atoms with Gasteiger partial charge in [-0.05, 0) is 105 Å². The lowest BCUT2D eigenvalue weighted by Gasteiger charge is -2.36. The zero-order valence-corrected chi connectivity index (χ0v) is 56.7. The number of aromatic nitrogens is 4. The summed E-state index contributed by atoms with van der Waals surface area (Å²) in [6.07, 6.45) is 18.5. The van der Waals surface area contributed by atoms with Crippen LogP contribution in [0, 0.1) is 36.3 Å². The quantitative estimate of drug-likeness (QED) is 0.0280. The summed E-state index contributed by atoms with van der Waals surface area (Å²) in [5, 5.41) is 32.0. The number of β-amino-alcohol motifs (C(OH)–C–C–N with tert-alkyl or cyclic N) is 1. The molecule has 0 spiro atoms. The summed E-state index contributed by atoms with van der Waals surface area (Å²) in [5.74, 6) is -0.739. The van der Waals surface area contributed by atoms with E-state index in [1.807, 2.05) is 36.1 Å². The summed E-state index contributed by atoms with van der Waals surface area (Å²) in [6, 6.07) is 10.6. The van der Waals surface area contributed by atoms with Crippen LogP contribution in [0.15, 0.2) is 60.2 Å². The van der Waals surface area contributed by atoms with Crippen LogP contribution in [-0.2, 0) is 24.0 Å². The number of phenolic OH excluding ortho intramolecular Hbond substituents is 1. The van der Waals surface area contributed by atoms with E-state index >= 15 is 8.78 Å². The van der Waals surface area contributed by atoms with Crippen LogP contribution in [0.3, 0.4) is 0 Å². The van der Waals surface area contributed by atoms with Crippen LogP contribution in [0.4, 0.5) is 19.0 Å². The number of terminal acetylenes is 1. The minimum absolute atomic E-state index is 0.0234. The van der Waals surface area contributed by atoms with Crippen molar-refractivity contribution >= 4 is 68.4 Å². The molecule has 5 amide bonds. The minimum atomic E-state index is -2.02. The van der Waals surface area contributed by atoms with Crippen molar-refractivity contribution in [2.24, 2.45) is 5.41 Å². The number of thiazole rings is 1. The fourth-order valence-electron chi connectivity index (χ4n) is 14.6. The minimum Gasteiger partial charge on any atom is -0.508 e. The van der Waals surface area contributed by atoms with Gasteiger partial charge in [-0.3, -0.25) is 29.0 Å². The number of rotatable bonds is 24. The zero-order chi connectivity index (χ0) is 68.3. The number of piperazine rings is 2. The number of likely N-dealkylation sites (tertiary alicyclic amines) is 2. The van der Waals surface area contributed by atoms with Gasteiger partial charge in [0.25, 0.3) is 5.91 Å². The first-order valence-corrected chi connectivity index (χ1v) is 35.5. The van der Waals surface area contributed by atoms with Crippen LogP contribution in [0.2, 0.25) is 0 Å². The molecule has 0 radical (unpaired) electrons. The highest BCUT2D eigenvalue weighted by molar-refractivity contribution is 7.13. The Balaban J connectivity index is 0.569. The van der Waals surface area contributed by atoms with E-state index in [9.17, 15) is 38.6 Å². The van der Waals surface area contributed by atoms with E-state index in [1.165, 1.54) is 40.5 Å². The summed E-state index contributed by atoms with van der Waals surface area (Å²) in [4.78, 5) is 98.2. The highest BCUT2D eigenvalue weighted by atomic mass is 32.1. The number of aromatic hydroxyl groups is 1. The van der Waals surface area contributed by atoms with E-state index in [4.69, 9.17) is 21.1 Å². The van der Waals surface area contributed by atoms with Gasteiger partial charge in [0.2, 0.25) is 23.6 Å². The molecule has 1 saturated carbocycles. The van der Waals surface area contributed by atoms with E-state index in [1.54, 1.807) is 37.4 Å². The number of carbonyl (C=O) groups excluding carboxylic acids is 5. The van der Waals surface area contributed by atoms with Gasteiger partial charge in [0.15, 0.2) is 11.5 Å². The Hall–Kier alpha value is -7.98. The Morgan fingerprint density at radius 2 is 1.51 bits per heavy atom. The number of nitrogens with zero attached hydrogens (tertiary/aromatic N) is 9. The number of benzene rings is 3. The van der Waals surface area contributed by atoms with Crippen LogP contribution < -0.4 is 25.6 Å². The number of ether oxygens (including phenoxy) is 1. The summed E-state index contributed by atoms with van der Waals surface area (Å²) in [6.45, 7) is 12.5. The van der Waals surface area contributed by atoms with E-state index in [0.29, 0.717) is 67.8 Å². The topological polar surface area (TPSA) is 239 Å². The normalized spacial score (nSPS) is 21.0. The van der Waals surface area contributed by atoms with Crippen molar-refractivity contribution in [1.82, 2.24) is 55.5 Å². The average molecular weight is 1350 g/mol. The van der Waals surface area contributed by atoms with Crippen molar-refractivity contribution in [2.75, 3.05) is 70.3 Å². The maximum Gasteiger partial charge on any atom is 0.319 e. The van der Waals surface area contributed by atoms with Gasteiger partial charge >= 0.3 is 6.01 Å². The monoisotopic (exact) mass is 1350 g/mol. The number of alkyl halides is 1. The largest absolute Gasteiger partial charge is 0.508 e. The molecule has 6 atom stereocenters. The number of unbranched alkanes of at least 4 members (excludes halogenated alkanes) is 7. The van der Waals surface area contributed by atoms with Crippen LogP contribution in [-0.4, -0.2) is 187 Å². The number of aliphatic hydroxyl groups excluding tert-OH is 1. The summed E-state index contributed by atoms with van der Waals surface area (Å²) in [7, 11) is 0. The van der Waals surface area contributed by atoms with E-state index in [-0.39, 0.29) is 102 Å². The number of halogens is 3. The summed E-state index contributed by atoms with van der Waals surface area (Å²) < 4.78 is 53.6. The van der Waals surface area contributed by atoms with E-state index < -0.39 is 64.7 Å². The molecule has 3 aromatic carbocycles. The second-order valence-electron chi connectivity index (χ2n) is 28.5. The predicted octanol–water partition coefficient (Wildman–Crippen LogP) is 9.45. The second kappa shape index (κ2) is 29.6. The maximum absolute atomic E-state index is 17.1. The number of amides is 5. The number of carbonyl (C=O) groups is 5. The molecule has 5 saturated heterocycles. The molecule has 97 heavy (non-hydrogen) atoms. The highest BCUT2D eigenvalue weighted by Crippen LogP contribution is 2.42. The van der Waals surface area contributed by atoms with E-state index in [0.717, 1.165) is 113 Å². The molecule has 6 aromatic rings. The zero-order valence-electron chi connectivity index (χ0n) is 55.9. The van der Waals surface area contributed by atoms with Gasteiger partial charge in [0.1, 0.15) is 46.8 Å². The first-order chi connectivity index (χ1) is 46.6. The fraction of sp³-hybridized carbons (Fsp3) is 0.548. The number of hydrogen-bond donors (Lipinski definition) is 5. The number of anilines is 1. The lowest BCUT2D eigenvalue weighted by atomic mass is 9.85. The lowest BCUT2D eigenvalue weighted by molar-refractivity contribution is -0.145. The number of pyridine rings is 1. The van der Waals surface area contributed by atoms with Gasteiger partial charge in [-0.25, -0.2) is 18.2 Å². The molecule has 24 heteroatoms. The maximum atomic E-state index is 17.1. The van der Waals surface area contributed by atoms with Crippen molar-refractivity contribution in [1.29, 1.82) is 0 Å². The molecule has 12 rings (SSSR count). The fourth-order valence-corrected chi connectivity index (χ4v) is 15.5. The molecular weight excluding hydrogens is 1260 g/mol. The van der Waals surface area contributed by atoms with Gasteiger partial charge in [-0.2, -0.15) is 9.97 Å². The van der Waals surface area contributed by atoms with Gasteiger partial charge in [-0.15, -0.1) is 17.8 Å². The molecule has 2 bridgehead atoms. The van der Waals surface area contributed by atoms with Crippen molar-refractivity contribution < 1.29 is 52.1 Å². The first-order valence-electron chi connectivity index (χ1n) is 34.6. The van der Waals surface area contributed by atoms with E-state index in [2.05, 4.69) is 41.6 Å². The van der Waals surface area contributed by atoms with Crippen LogP contribution in [0.1, 0.15) is 153 Å². The molecule has 3 aromatic heterocycles. The third kappa shape index (κ3) is 15.8. The average Bonchev–Trinajstić information content (AvgIpc) is 1.33. The molecule has 6 fully saturated rings. The highest BCUT2D eigenvalue weighted by Gasteiger charge is 2.54. The molecule has 6 aliphatic rings. The van der Waals surface area contributed by atoms with Crippen LogP contribution >= 0.6 is 11.3 Å². The van der Waals surface area contributed by atoms with Gasteiger partial charge in [0, 0.05) is 101 Å². The molecule has 1 aliphatic carbocycles. The third-order valence-electron chi connectivity index (χ3n) is 20.4. The molecular formula is C73H89F3N12O8S. The first kappa shape index (κ1) is 68.9. The number of fused-ring (bicyclic) bond motifs is 4. The molecule has 516 valence electrons. The predicted molar refractivity (Wildman–Crippen MR) is 365 cm³/mol. The number of hydrogen-bond acceptors (Lipinski definition) is 16. The Kier molecular flexibility index (Phi) is 21.0. The Morgan fingerprint density at radius 1 is 0.835 bits per heavy atom. The number of phenols is 1. The van der Waals surface area contributed by atoms with Crippen molar-refractivity contribution in [3.8, 4) is 45.8 Å². The number of piperidine rings is 1. The molecule has 5 aliphatic heterocycles. The van der Waals surface area contributed by atoms with Gasteiger partial charge in [-0.1, -0.05) is 95.5 Å². The lowest BCUT2D eigenvalue weighted by Crippen LogP contribution is -2.59. The number of aliphatic hydroxyl groups is 1. The Labute approximate surface area is 568 Å². The Bertz CT molecular complexity index is 3920. The SMILES string of the molecule is C#Cc1c(F)ccc2cc(O)cc(-c3ncc4c(N5CC6CCC(C5)N6)nc(OC5CCN(CCCCCCCCCCC(=O)N6CCN(C(=O)C[C@H](NC(=O)[C@@H]7C[C@@H](O)CN7C(=O)C(NC(=O)C7(F)CC7)C(C)(C)C)c7ccc(-c8scnc8C)cc7)CC6)CC5)nc4c3F)c12. The number of aryl methyl sites for hydroxylation is 1. The standard InChI is InChI=1S/C73H89F3N12O8S/c1-6-53-56(74)23-20-47-35-50(89)36-54(61(47)53)63-62(75)64-55(39-77-63)67(87-40-48-21-22-49(41-87)79-48)83-71(81-64)96-52-24-29-84(30-25-52)28-14-12-10-8-7-9-11-13-15-59(91)85-31-33-86(34-32-85)60(92)38-57(45-16-18-46(19-17-45)65-44(2)78-43-97-65)80-68(93)58-37-51(90)42-88(58)69(94)66(72(3,4)5)82-70(95)73(76)26-27-73/h1,16-20,23,35-36,39,43,48-49,51-52,57-58,66,79,89-90H,7-15,21-22,24-34,37-38,40-42H2,2-5H3,(H,80,93)(H,82,95)/t48?,49?,51-,57+,58+,66?/m1/s1. The smallest absolute Gasteiger partial charge is 0.319 e. The molecule has 20 nitrogen and oxygen atoms in total. The van der Waals surface area contributed by atoms with Crippen molar-refractivity contribution in [2.45, 2.75) is 185 Å². The van der Waals surface area contributed by atoms with Gasteiger partial charge in [0.05, 0.1) is 45.6 Å². The summed E-state index contributed by atoms with van der Waals surface area (Å²) >= 11 is 1.51. The van der Waals surface area contributed by atoms with Crippen LogP contribution in [0.25, 0.3) is 43.4 Å². The molecule has 5 N–H and O–H groups in total. The third-order valence-corrected chi connectivity index (χ3v) is 21.4.